The Kier molecular flexibility index (Phi) is 5.67. The number of halogens is 1. The van der Waals surface area contributed by atoms with Crippen molar-refractivity contribution in [2.24, 2.45) is 5.92 Å². The summed E-state index contributed by atoms with van der Waals surface area (Å²) in [5.74, 6) is 1.07. The molecule has 122 valence electrons. The van der Waals surface area contributed by atoms with Gasteiger partial charge in [0.05, 0.1) is 19.8 Å². The summed E-state index contributed by atoms with van der Waals surface area (Å²) in [5, 5.41) is 0.708. The molecule has 0 amide bonds. The first-order valence-electron chi connectivity index (χ1n) is 7.47. The minimum absolute atomic E-state index is 0.318. The Morgan fingerprint density at radius 3 is 2.65 bits per heavy atom. The number of carbonyl (C=O) groups excluding carboxylic acids is 1. The van der Waals surface area contributed by atoms with E-state index < -0.39 is 0 Å². The summed E-state index contributed by atoms with van der Waals surface area (Å²) >= 11 is 6.35. The van der Waals surface area contributed by atoms with Gasteiger partial charge in [-0.3, -0.25) is 0 Å². The largest absolute Gasteiger partial charge is 0.497 e. The lowest BCUT2D eigenvalue weighted by atomic mass is 10.0. The third-order valence-corrected chi connectivity index (χ3v) is 4.44. The van der Waals surface area contributed by atoms with Gasteiger partial charge in [-0.1, -0.05) is 36.4 Å². The first kappa shape index (κ1) is 17.4. The predicted molar refractivity (Wildman–Crippen MR) is 92.9 cm³/mol. The summed E-state index contributed by atoms with van der Waals surface area (Å²) in [6, 6.07) is 5.75. The summed E-state index contributed by atoms with van der Waals surface area (Å²) in [6.07, 6.45) is 6.38. The van der Waals surface area contributed by atoms with Gasteiger partial charge in [0.1, 0.15) is 5.75 Å². The van der Waals surface area contributed by atoms with E-state index in [0.717, 1.165) is 23.3 Å². The Balaban J connectivity index is 2.20. The van der Waals surface area contributed by atoms with Gasteiger partial charge < -0.3 is 9.47 Å². The molecule has 2 atom stereocenters. The van der Waals surface area contributed by atoms with E-state index in [0.29, 0.717) is 22.4 Å². The zero-order valence-corrected chi connectivity index (χ0v) is 14.4. The number of hydrogen-bond donors (Lipinski definition) is 0. The van der Waals surface area contributed by atoms with E-state index in [9.17, 15) is 4.79 Å². The van der Waals surface area contributed by atoms with Crippen LogP contribution in [0.3, 0.4) is 0 Å². The van der Waals surface area contributed by atoms with Crippen molar-refractivity contribution in [1.29, 1.82) is 0 Å². The highest BCUT2D eigenvalue weighted by atomic mass is 35.5. The SMILES string of the molecule is C=CC(=CC(=CC)C(=O)OC)C1CC1c1ccc(OC)cc1Cl. The number of ether oxygens (including phenoxy) is 2. The van der Waals surface area contributed by atoms with E-state index in [2.05, 4.69) is 6.58 Å². The first-order chi connectivity index (χ1) is 11.0. The van der Waals surface area contributed by atoms with Crippen molar-refractivity contribution in [3.05, 3.63) is 64.7 Å². The number of allylic oxidation sites excluding steroid dienone is 3. The van der Waals surface area contributed by atoms with Crippen LogP contribution in [0.2, 0.25) is 5.02 Å². The Hall–Kier alpha value is -2.00. The van der Waals surface area contributed by atoms with E-state index in [4.69, 9.17) is 21.1 Å². The van der Waals surface area contributed by atoms with E-state index in [1.54, 1.807) is 19.3 Å². The summed E-state index contributed by atoms with van der Waals surface area (Å²) in [5.41, 5.74) is 2.67. The van der Waals surface area contributed by atoms with Crippen LogP contribution in [0.25, 0.3) is 0 Å². The molecular formula is C19H21ClO3. The molecule has 0 aliphatic heterocycles. The second-order valence-corrected chi connectivity index (χ2v) is 5.83. The molecule has 0 aromatic heterocycles. The maximum absolute atomic E-state index is 11.7. The van der Waals surface area contributed by atoms with Crippen molar-refractivity contribution >= 4 is 17.6 Å². The van der Waals surface area contributed by atoms with E-state index in [1.165, 1.54) is 7.11 Å². The molecule has 4 heteroatoms. The van der Waals surface area contributed by atoms with Crippen LogP contribution in [0.5, 0.6) is 5.75 Å². The van der Waals surface area contributed by atoms with Crippen molar-refractivity contribution in [2.75, 3.05) is 14.2 Å². The Morgan fingerprint density at radius 1 is 1.39 bits per heavy atom. The topological polar surface area (TPSA) is 35.5 Å². The molecule has 1 saturated carbocycles. The molecule has 0 saturated heterocycles. The molecule has 0 N–H and O–H groups in total. The molecular weight excluding hydrogens is 312 g/mol. The van der Waals surface area contributed by atoms with E-state index in [1.807, 2.05) is 31.2 Å². The van der Waals surface area contributed by atoms with Crippen LogP contribution in [-0.4, -0.2) is 20.2 Å². The van der Waals surface area contributed by atoms with Gasteiger partial charge in [0.25, 0.3) is 0 Å². The second kappa shape index (κ2) is 7.51. The number of methoxy groups -OCH3 is 2. The fraction of sp³-hybridized carbons (Fsp3) is 0.316. The van der Waals surface area contributed by atoms with Gasteiger partial charge in [-0.2, -0.15) is 0 Å². The van der Waals surface area contributed by atoms with Crippen LogP contribution < -0.4 is 4.74 Å². The number of hydrogen-bond acceptors (Lipinski definition) is 3. The summed E-state index contributed by atoms with van der Waals surface area (Å²) < 4.78 is 9.96. The van der Waals surface area contributed by atoms with Crippen molar-refractivity contribution in [1.82, 2.24) is 0 Å². The molecule has 1 aromatic rings. The predicted octanol–water partition coefficient (Wildman–Crippen LogP) is 4.68. The number of benzene rings is 1. The molecule has 0 spiro atoms. The Morgan fingerprint density at radius 2 is 2.13 bits per heavy atom. The second-order valence-electron chi connectivity index (χ2n) is 5.42. The smallest absolute Gasteiger partial charge is 0.337 e. The Labute approximate surface area is 142 Å². The van der Waals surface area contributed by atoms with Gasteiger partial charge >= 0.3 is 5.97 Å². The quantitative estimate of drug-likeness (QED) is 0.431. The van der Waals surface area contributed by atoms with E-state index in [-0.39, 0.29) is 5.97 Å². The third-order valence-electron chi connectivity index (χ3n) is 4.12. The van der Waals surface area contributed by atoms with Gasteiger partial charge in [-0.15, -0.1) is 0 Å². The number of carbonyl (C=O) groups is 1. The highest BCUT2D eigenvalue weighted by molar-refractivity contribution is 6.31. The average molecular weight is 333 g/mol. The van der Waals surface area contributed by atoms with Crippen LogP contribution in [0, 0.1) is 5.92 Å². The average Bonchev–Trinajstić information content (AvgIpc) is 3.35. The number of esters is 1. The van der Waals surface area contributed by atoms with Crippen LogP contribution in [0.15, 0.2) is 54.2 Å². The van der Waals surface area contributed by atoms with E-state index >= 15 is 0 Å². The molecule has 2 unspecified atom stereocenters. The highest BCUT2D eigenvalue weighted by Gasteiger charge is 2.41. The molecule has 1 fully saturated rings. The van der Waals surface area contributed by atoms with Crippen molar-refractivity contribution in [3.8, 4) is 5.75 Å². The molecule has 1 aliphatic rings. The first-order valence-corrected chi connectivity index (χ1v) is 7.85. The van der Waals surface area contributed by atoms with Gasteiger partial charge in [0, 0.05) is 5.02 Å². The van der Waals surface area contributed by atoms with Crippen LogP contribution in [-0.2, 0) is 9.53 Å². The minimum Gasteiger partial charge on any atom is -0.497 e. The maximum Gasteiger partial charge on any atom is 0.337 e. The fourth-order valence-electron chi connectivity index (χ4n) is 2.72. The van der Waals surface area contributed by atoms with Crippen LogP contribution in [0.4, 0.5) is 0 Å². The number of rotatable bonds is 6. The molecule has 0 radical (unpaired) electrons. The molecule has 0 bridgehead atoms. The molecule has 3 nitrogen and oxygen atoms in total. The van der Waals surface area contributed by atoms with Crippen molar-refractivity contribution in [3.63, 3.8) is 0 Å². The standard InChI is InChI=1S/C19H21ClO3/c1-5-12(9-13(6-2)19(21)23-4)16-11-17(16)15-8-7-14(22-3)10-18(15)20/h5-10,16-17H,1,11H2,2-4H3. The van der Waals surface area contributed by atoms with Gasteiger partial charge in [0.2, 0.25) is 0 Å². The lowest BCUT2D eigenvalue weighted by molar-refractivity contribution is -0.135. The zero-order chi connectivity index (χ0) is 17.0. The zero-order valence-electron chi connectivity index (χ0n) is 13.6. The van der Waals surface area contributed by atoms with Gasteiger partial charge in [-0.05, 0) is 54.5 Å². The lowest BCUT2D eigenvalue weighted by Gasteiger charge is -2.07. The fourth-order valence-corrected chi connectivity index (χ4v) is 3.03. The molecule has 1 aliphatic carbocycles. The molecule has 23 heavy (non-hydrogen) atoms. The van der Waals surface area contributed by atoms with Crippen LogP contribution in [0.1, 0.15) is 24.8 Å². The molecule has 2 rings (SSSR count). The molecule has 1 aromatic carbocycles. The van der Waals surface area contributed by atoms with Gasteiger partial charge in [0.15, 0.2) is 0 Å². The van der Waals surface area contributed by atoms with Crippen LogP contribution >= 0.6 is 11.6 Å². The monoisotopic (exact) mass is 332 g/mol. The van der Waals surface area contributed by atoms with Crippen molar-refractivity contribution < 1.29 is 14.3 Å². The minimum atomic E-state index is -0.341. The highest BCUT2D eigenvalue weighted by Crippen LogP contribution is 2.54. The summed E-state index contributed by atoms with van der Waals surface area (Å²) in [7, 11) is 3.00. The Bertz CT molecular complexity index is 673. The normalized spacial score (nSPS) is 20.9. The summed E-state index contributed by atoms with van der Waals surface area (Å²) in [6.45, 7) is 5.69. The summed E-state index contributed by atoms with van der Waals surface area (Å²) in [4.78, 5) is 11.7. The van der Waals surface area contributed by atoms with Crippen molar-refractivity contribution in [2.45, 2.75) is 19.3 Å². The third kappa shape index (κ3) is 3.85. The lowest BCUT2D eigenvalue weighted by Crippen LogP contribution is -2.03. The van der Waals surface area contributed by atoms with Gasteiger partial charge in [-0.25, -0.2) is 4.79 Å². The maximum atomic E-state index is 11.7. The molecule has 0 heterocycles.